The van der Waals surface area contributed by atoms with Gasteiger partial charge >= 0.3 is 6.08 Å². The van der Waals surface area contributed by atoms with Gasteiger partial charge in [-0.15, -0.1) is 4.98 Å². The summed E-state index contributed by atoms with van der Waals surface area (Å²) >= 11 is 0. The van der Waals surface area contributed by atoms with Crippen LogP contribution in [0.15, 0.2) is 4.99 Å². The van der Waals surface area contributed by atoms with Crippen molar-refractivity contribution in [2.75, 3.05) is 18.9 Å². The monoisotopic (exact) mass is 404 g/mol. The van der Waals surface area contributed by atoms with Gasteiger partial charge in [0.25, 0.3) is 5.82 Å². The highest BCUT2D eigenvalue weighted by Gasteiger charge is 2.63. The summed E-state index contributed by atoms with van der Waals surface area (Å²) in [5.41, 5.74) is 5.72. The number of nitrogen functional groups attached to an aromatic ring is 1. The van der Waals surface area contributed by atoms with Crippen LogP contribution in [0.1, 0.15) is 6.42 Å². The number of fused-ring (bicyclic) bond motifs is 1. The third-order valence-corrected chi connectivity index (χ3v) is 5.37. The van der Waals surface area contributed by atoms with E-state index in [-0.39, 0.29) is 23.7 Å². The normalized spacial score (nSPS) is 42.3. The number of aliphatic hydroxyl groups is 4. The lowest BCUT2D eigenvalue weighted by molar-refractivity contribution is -0.132. The lowest BCUT2D eigenvalue weighted by Crippen LogP contribution is -2.65. The van der Waals surface area contributed by atoms with Gasteiger partial charge < -0.3 is 35.6 Å². The van der Waals surface area contributed by atoms with E-state index in [4.69, 9.17) is 15.2 Å². The quantitative estimate of drug-likeness (QED) is 0.284. The Labute approximate surface area is 157 Å². The van der Waals surface area contributed by atoms with Crippen LogP contribution >= 0.6 is 0 Å². The Balaban J connectivity index is 1.85. The third kappa shape index (κ3) is 2.62. The second kappa shape index (κ2) is 6.88. The lowest BCUT2D eigenvalue weighted by atomic mass is 10.1. The van der Waals surface area contributed by atoms with E-state index in [1.54, 1.807) is 0 Å². The summed E-state index contributed by atoms with van der Waals surface area (Å²) in [6.07, 6.45) is -9.61. The van der Waals surface area contributed by atoms with Crippen molar-refractivity contribution in [3.05, 3.63) is 6.08 Å². The predicted octanol–water partition coefficient (Wildman–Crippen LogP) is -1.94. The number of hydrogen-bond acceptors (Lipinski definition) is 10. The van der Waals surface area contributed by atoms with Crippen LogP contribution in [0, 0.1) is 6.08 Å². The number of aromatic nitrogens is 2. The van der Waals surface area contributed by atoms with E-state index in [1.807, 2.05) is 0 Å². The first-order chi connectivity index (χ1) is 13.3. The highest BCUT2D eigenvalue weighted by atomic mass is 19.1. The maximum atomic E-state index is 14.3. The summed E-state index contributed by atoms with van der Waals surface area (Å²) in [6.45, 7) is -1.20. The minimum Gasteiger partial charge on any atom is -0.394 e. The van der Waals surface area contributed by atoms with E-state index in [2.05, 4.69) is 15.0 Å². The highest BCUT2D eigenvalue weighted by Crippen LogP contribution is 2.48. The molecule has 0 saturated carbocycles. The summed E-state index contributed by atoms with van der Waals surface area (Å²) in [5, 5.41) is 39.5. The molecule has 28 heavy (non-hydrogen) atoms. The summed E-state index contributed by atoms with van der Waals surface area (Å²) < 4.78 is 38.8. The van der Waals surface area contributed by atoms with Crippen molar-refractivity contribution in [2.45, 2.75) is 49.5 Å². The van der Waals surface area contributed by atoms with Crippen LogP contribution in [0.3, 0.4) is 0 Å². The first-order valence-corrected chi connectivity index (χ1v) is 8.63. The van der Waals surface area contributed by atoms with Crippen LogP contribution < -0.4 is 10.2 Å². The van der Waals surface area contributed by atoms with Crippen molar-refractivity contribution < 1.29 is 38.7 Å². The molecule has 0 aliphatic carbocycles. The molecule has 13 heteroatoms. The first-order valence-electron chi connectivity index (χ1n) is 8.63. The number of quaternary nitrogens is 1. The molecule has 0 aromatic carbocycles. The molecule has 2 saturated heterocycles. The maximum absolute atomic E-state index is 14.3. The number of aliphatic imine (C=N–C) groups is 1. The SMILES string of the molecule is Nc1nc(F)nc2c1N=C[N+]2([C@@H]1O[C@H](CO)[C@@H](O)[C@H]1O)[C@H]1C[C@H](F)[C@@H](CO)O1. The third-order valence-electron chi connectivity index (χ3n) is 5.37. The lowest BCUT2D eigenvalue weighted by Gasteiger charge is -2.39. The molecule has 8 atom stereocenters. The molecule has 1 aromatic heterocycles. The fourth-order valence-electron chi connectivity index (χ4n) is 3.95. The number of anilines is 1. The van der Waals surface area contributed by atoms with Crippen molar-refractivity contribution in [1.82, 2.24) is 14.5 Å². The maximum Gasteiger partial charge on any atom is 0.315 e. The fraction of sp³-hybridized carbons (Fsp3) is 0.667. The number of nitrogens with two attached hydrogens (primary N) is 1. The Hall–Kier alpha value is -1.87. The molecule has 3 aliphatic rings. The topological polar surface area (TPSA) is 164 Å². The molecule has 4 rings (SSSR count). The molecule has 11 nitrogen and oxygen atoms in total. The summed E-state index contributed by atoms with van der Waals surface area (Å²) in [6, 6.07) is 0. The van der Waals surface area contributed by atoms with Crippen LogP contribution in [0.5, 0.6) is 0 Å². The molecule has 6 N–H and O–H groups in total. The van der Waals surface area contributed by atoms with Gasteiger partial charge in [0.2, 0.25) is 18.8 Å². The van der Waals surface area contributed by atoms with Gasteiger partial charge in [0.05, 0.1) is 19.6 Å². The number of rotatable bonds is 4. The molecule has 0 bridgehead atoms. The minimum atomic E-state index is -1.57. The van der Waals surface area contributed by atoms with Crippen LogP contribution in [0.4, 0.5) is 26.1 Å². The summed E-state index contributed by atoms with van der Waals surface area (Å²) in [7, 11) is 0. The smallest absolute Gasteiger partial charge is 0.315 e. The van der Waals surface area contributed by atoms with E-state index in [0.717, 1.165) is 0 Å². The van der Waals surface area contributed by atoms with E-state index >= 15 is 0 Å². The molecule has 154 valence electrons. The Morgan fingerprint density at radius 2 is 1.86 bits per heavy atom. The van der Waals surface area contributed by atoms with Gasteiger partial charge in [0.15, 0.2) is 17.6 Å². The molecule has 1 unspecified atom stereocenters. The predicted molar refractivity (Wildman–Crippen MR) is 89.4 cm³/mol. The Morgan fingerprint density at radius 3 is 2.46 bits per heavy atom. The van der Waals surface area contributed by atoms with Crippen molar-refractivity contribution in [3.8, 4) is 0 Å². The molecule has 3 aliphatic heterocycles. The molecule has 0 amide bonds. The average Bonchev–Trinajstić information content (AvgIpc) is 3.31. The number of aliphatic hydroxyl groups excluding tert-OH is 4. The van der Waals surface area contributed by atoms with Gasteiger partial charge in [-0.2, -0.15) is 18.8 Å². The second-order valence-electron chi connectivity index (χ2n) is 6.92. The second-order valence-corrected chi connectivity index (χ2v) is 6.92. The van der Waals surface area contributed by atoms with Gasteiger partial charge in [0.1, 0.15) is 24.5 Å². The van der Waals surface area contributed by atoms with Crippen molar-refractivity contribution in [3.63, 3.8) is 0 Å². The molecule has 4 heterocycles. The van der Waals surface area contributed by atoms with E-state index in [1.165, 1.54) is 6.34 Å². The van der Waals surface area contributed by atoms with E-state index < -0.39 is 66.8 Å². The van der Waals surface area contributed by atoms with Gasteiger partial charge in [-0.05, 0) is 0 Å². The van der Waals surface area contributed by atoms with E-state index in [9.17, 15) is 29.2 Å². The number of ether oxygens (including phenoxy) is 2. The fourth-order valence-corrected chi connectivity index (χ4v) is 3.95. The van der Waals surface area contributed by atoms with Crippen LogP contribution in [0.2, 0.25) is 0 Å². The van der Waals surface area contributed by atoms with E-state index in [0.29, 0.717) is 0 Å². The minimum absolute atomic E-state index is 0.00871. The molecule has 0 spiro atoms. The van der Waals surface area contributed by atoms with Gasteiger partial charge in [-0.3, -0.25) is 0 Å². The number of halogens is 2. The molecular formula is C15H20F2N5O6+. The molecular weight excluding hydrogens is 384 g/mol. The molecule has 1 aromatic rings. The van der Waals surface area contributed by atoms with Crippen LogP contribution in [0.25, 0.3) is 0 Å². The summed E-state index contributed by atoms with van der Waals surface area (Å²) in [4.78, 5) is 11.2. The zero-order chi connectivity index (χ0) is 20.2. The summed E-state index contributed by atoms with van der Waals surface area (Å²) in [5.74, 6) is -0.422. The zero-order valence-electron chi connectivity index (χ0n) is 14.5. The number of hydrogen-bond donors (Lipinski definition) is 5. The van der Waals surface area contributed by atoms with Gasteiger partial charge in [-0.1, -0.05) is 0 Å². The number of alkyl halides is 1. The van der Waals surface area contributed by atoms with Gasteiger partial charge in [-0.25, -0.2) is 4.39 Å². The Morgan fingerprint density at radius 1 is 1.14 bits per heavy atom. The first kappa shape index (κ1) is 19.4. The van der Waals surface area contributed by atoms with Crippen molar-refractivity contribution in [1.29, 1.82) is 0 Å². The average molecular weight is 404 g/mol. The molecule has 2 fully saturated rings. The Bertz CT molecular complexity index is 802. The van der Waals surface area contributed by atoms with Crippen molar-refractivity contribution >= 4 is 23.7 Å². The standard InChI is InChI=1S/C15H20F2N5O6/c16-5-1-8(27-6(5)2-23)22(14-11(26)10(25)7(3-24)28-14)4-19-9-12(18)20-15(17)21-13(9)22/h4-8,10-11,14,23-26H,1-3H2,(H2,18,20,21)/q+1/t5-,6+,7+,8+,10+,11+,14+,22?/m0/s1. The van der Waals surface area contributed by atoms with Gasteiger partial charge in [0, 0.05) is 0 Å². The zero-order valence-corrected chi connectivity index (χ0v) is 14.5. The van der Waals surface area contributed by atoms with Crippen LogP contribution in [-0.4, -0.2) is 93.0 Å². The Kier molecular flexibility index (Phi) is 4.78. The largest absolute Gasteiger partial charge is 0.394 e. The van der Waals surface area contributed by atoms with Crippen molar-refractivity contribution in [2.24, 2.45) is 4.99 Å². The number of nitrogens with zero attached hydrogens (tertiary/aromatic N) is 4. The highest BCUT2D eigenvalue weighted by molar-refractivity contribution is 5.91. The molecule has 0 radical (unpaired) electrons. The van der Waals surface area contributed by atoms with Crippen LogP contribution in [-0.2, 0) is 9.47 Å².